The van der Waals surface area contributed by atoms with Gasteiger partial charge in [0.25, 0.3) is 5.91 Å². The second-order valence-electron chi connectivity index (χ2n) is 9.31. The molecular formula is C28H37N3O3. The van der Waals surface area contributed by atoms with Gasteiger partial charge in [-0.3, -0.25) is 14.5 Å². The summed E-state index contributed by atoms with van der Waals surface area (Å²) in [5.41, 5.74) is 2.91. The van der Waals surface area contributed by atoms with Crippen LogP contribution < -0.4 is 10.1 Å². The number of hydrogen-bond donors (Lipinski definition) is 1. The lowest BCUT2D eigenvalue weighted by molar-refractivity contribution is -0.125. The van der Waals surface area contributed by atoms with E-state index in [1.54, 1.807) is 17.0 Å². The van der Waals surface area contributed by atoms with Crippen LogP contribution in [0.5, 0.6) is 5.75 Å². The Morgan fingerprint density at radius 3 is 2.35 bits per heavy atom. The average Bonchev–Trinajstić information content (AvgIpc) is 3.22. The highest BCUT2D eigenvalue weighted by Crippen LogP contribution is 2.25. The first-order valence-corrected chi connectivity index (χ1v) is 12.8. The molecule has 182 valence electrons. The number of nitrogens with zero attached hydrogens (tertiary/aromatic N) is 2. The van der Waals surface area contributed by atoms with Gasteiger partial charge in [-0.05, 0) is 69.0 Å². The highest BCUT2D eigenvalue weighted by atomic mass is 16.5. The third-order valence-corrected chi connectivity index (χ3v) is 6.83. The molecule has 2 amide bonds. The molecule has 2 saturated heterocycles. The molecule has 34 heavy (non-hydrogen) atoms. The van der Waals surface area contributed by atoms with Gasteiger partial charge in [0.1, 0.15) is 11.8 Å². The molecule has 4 rings (SSSR count). The minimum Gasteiger partial charge on any atom is -0.493 e. The van der Waals surface area contributed by atoms with Gasteiger partial charge >= 0.3 is 0 Å². The van der Waals surface area contributed by atoms with E-state index in [0.717, 1.165) is 18.5 Å². The number of ether oxygens (including phenoxy) is 1. The number of nitrogens with one attached hydrogen (secondary N) is 1. The summed E-state index contributed by atoms with van der Waals surface area (Å²) in [5, 5.41) is 3.05. The van der Waals surface area contributed by atoms with Gasteiger partial charge in [0.05, 0.1) is 12.2 Å². The van der Waals surface area contributed by atoms with Gasteiger partial charge < -0.3 is 15.0 Å². The predicted molar refractivity (Wildman–Crippen MR) is 134 cm³/mol. The molecule has 0 bridgehead atoms. The number of amides is 2. The zero-order chi connectivity index (χ0) is 23.8. The number of hydrogen-bond acceptors (Lipinski definition) is 4. The summed E-state index contributed by atoms with van der Waals surface area (Å²) in [4.78, 5) is 30.4. The SMILES string of the molecule is CCOc1ccccc1C(=O)N1CCCC1C(=O)NCc1ccc(CN2CCCCCC2)cc1. The van der Waals surface area contributed by atoms with E-state index < -0.39 is 6.04 Å². The van der Waals surface area contributed by atoms with Crippen molar-refractivity contribution in [2.75, 3.05) is 26.2 Å². The van der Waals surface area contributed by atoms with E-state index in [4.69, 9.17) is 4.74 Å². The van der Waals surface area contributed by atoms with E-state index in [9.17, 15) is 9.59 Å². The topological polar surface area (TPSA) is 61.9 Å². The van der Waals surface area contributed by atoms with E-state index >= 15 is 0 Å². The molecule has 1 unspecified atom stereocenters. The number of carbonyl (C=O) groups is 2. The molecular weight excluding hydrogens is 426 g/mol. The normalized spacial score (nSPS) is 19.0. The van der Waals surface area contributed by atoms with Crippen molar-refractivity contribution in [1.82, 2.24) is 15.1 Å². The second kappa shape index (κ2) is 12.0. The fourth-order valence-corrected chi connectivity index (χ4v) is 4.98. The molecule has 2 aromatic carbocycles. The maximum absolute atomic E-state index is 13.2. The van der Waals surface area contributed by atoms with Gasteiger partial charge in [-0.15, -0.1) is 0 Å². The zero-order valence-corrected chi connectivity index (χ0v) is 20.3. The van der Waals surface area contributed by atoms with Crippen molar-refractivity contribution in [3.63, 3.8) is 0 Å². The fraction of sp³-hybridized carbons (Fsp3) is 0.500. The summed E-state index contributed by atoms with van der Waals surface area (Å²) in [6.07, 6.45) is 6.79. The predicted octanol–water partition coefficient (Wildman–Crippen LogP) is 4.38. The van der Waals surface area contributed by atoms with Crippen LogP contribution in [0.4, 0.5) is 0 Å². The summed E-state index contributed by atoms with van der Waals surface area (Å²) >= 11 is 0. The lowest BCUT2D eigenvalue weighted by Crippen LogP contribution is -2.45. The molecule has 1 N–H and O–H groups in total. The highest BCUT2D eigenvalue weighted by Gasteiger charge is 2.35. The molecule has 0 aliphatic carbocycles. The van der Waals surface area contributed by atoms with Crippen molar-refractivity contribution in [3.05, 3.63) is 65.2 Å². The quantitative estimate of drug-likeness (QED) is 0.631. The fourth-order valence-electron chi connectivity index (χ4n) is 4.98. The van der Waals surface area contributed by atoms with Crippen LogP contribution in [0.3, 0.4) is 0 Å². The Balaban J connectivity index is 1.32. The molecule has 6 heteroatoms. The number of benzene rings is 2. The van der Waals surface area contributed by atoms with Gasteiger partial charge in [-0.1, -0.05) is 49.2 Å². The lowest BCUT2D eigenvalue weighted by Gasteiger charge is -2.25. The number of para-hydroxylation sites is 1. The largest absolute Gasteiger partial charge is 0.493 e. The Bertz CT molecular complexity index is 952. The summed E-state index contributed by atoms with van der Waals surface area (Å²) in [6.45, 7) is 6.81. The molecule has 2 aliphatic heterocycles. The molecule has 6 nitrogen and oxygen atoms in total. The van der Waals surface area contributed by atoms with Crippen LogP contribution >= 0.6 is 0 Å². The van der Waals surface area contributed by atoms with Crippen LogP contribution in [0.15, 0.2) is 48.5 Å². The van der Waals surface area contributed by atoms with Crippen LogP contribution in [0.1, 0.15) is 66.9 Å². The zero-order valence-electron chi connectivity index (χ0n) is 20.3. The Hall–Kier alpha value is -2.86. The first kappa shape index (κ1) is 24.3. The van der Waals surface area contributed by atoms with Crippen molar-refractivity contribution in [2.24, 2.45) is 0 Å². The molecule has 2 fully saturated rings. The van der Waals surface area contributed by atoms with Crippen LogP contribution in [0, 0.1) is 0 Å². The third kappa shape index (κ3) is 6.17. The molecule has 0 spiro atoms. The monoisotopic (exact) mass is 463 g/mol. The van der Waals surface area contributed by atoms with E-state index in [2.05, 4.69) is 34.5 Å². The Labute approximate surface area is 203 Å². The number of carbonyl (C=O) groups excluding carboxylic acids is 2. The smallest absolute Gasteiger partial charge is 0.258 e. The van der Waals surface area contributed by atoms with Crippen molar-refractivity contribution in [1.29, 1.82) is 0 Å². The molecule has 0 saturated carbocycles. The summed E-state index contributed by atoms with van der Waals surface area (Å²) < 4.78 is 5.63. The van der Waals surface area contributed by atoms with Gasteiger partial charge in [-0.2, -0.15) is 0 Å². The molecule has 0 radical (unpaired) electrons. The number of rotatable bonds is 8. The van der Waals surface area contributed by atoms with E-state index in [1.807, 2.05) is 19.1 Å². The molecule has 1 atom stereocenters. The van der Waals surface area contributed by atoms with Gasteiger partial charge in [0.2, 0.25) is 5.91 Å². The molecule has 2 aromatic rings. The second-order valence-corrected chi connectivity index (χ2v) is 9.31. The summed E-state index contributed by atoms with van der Waals surface area (Å²) in [7, 11) is 0. The Morgan fingerprint density at radius 2 is 1.62 bits per heavy atom. The standard InChI is InChI=1S/C28H37N3O3/c1-2-34-26-12-6-5-10-24(26)28(33)31-19-9-11-25(31)27(32)29-20-22-13-15-23(16-14-22)21-30-17-7-3-4-8-18-30/h5-6,10,12-16,25H,2-4,7-9,11,17-21H2,1H3,(H,29,32). The van der Waals surface area contributed by atoms with Gasteiger partial charge in [0.15, 0.2) is 0 Å². The van der Waals surface area contributed by atoms with E-state index in [0.29, 0.717) is 37.4 Å². The lowest BCUT2D eigenvalue weighted by atomic mass is 10.1. The average molecular weight is 464 g/mol. The summed E-state index contributed by atoms with van der Waals surface area (Å²) in [6, 6.07) is 15.4. The molecule has 0 aromatic heterocycles. The van der Waals surface area contributed by atoms with Crippen LogP contribution in [0.25, 0.3) is 0 Å². The molecule has 2 heterocycles. The molecule has 2 aliphatic rings. The maximum Gasteiger partial charge on any atom is 0.258 e. The van der Waals surface area contributed by atoms with Crippen LogP contribution in [-0.4, -0.2) is 53.9 Å². The van der Waals surface area contributed by atoms with E-state index in [-0.39, 0.29) is 11.8 Å². The van der Waals surface area contributed by atoms with Gasteiger partial charge in [-0.25, -0.2) is 0 Å². The maximum atomic E-state index is 13.2. The summed E-state index contributed by atoms with van der Waals surface area (Å²) in [5.74, 6) is 0.342. The van der Waals surface area contributed by atoms with Crippen molar-refractivity contribution in [2.45, 2.75) is 64.6 Å². The van der Waals surface area contributed by atoms with Crippen LogP contribution in [0.2, 0.25) is 0 Å². The third-order valence-electron chi connectivity index (χ3n) is 6.83. The highest BCUT2D eigenvalue weighted by molar-refractivity contribution is 6.00. The van der Waals surface area contributed by atoms with E-state index in [1.165, 1.54) is 44.3 Å². The van der Waals surface area contributed by atoms with Gasteiger partial charge in [0, 0.05) is 19.6 Å². The first-order valence-electron chi connectivity index (χ1n) is 12.8. The minimum atomic E-state index is -0.440. The van der Waals surface area contributed by atoms with Crippen molar-refractivity contribution >= 4 is 11.8 Å². The number of likely N-dealkylation sites (tertiary alicyclic amines) is 2. The first-order chi connectivity index (χ1) is 16.7. The van der Waals surface area contributed by atoms with Crippen molar-refractivity contribution < 1.29 is 14.3 Å². The Morgan fingerprint density at radius 1 is 0.912 bits per heavy atom. The Kier molecular flexibility index (Phi) is 8.58. The minimum absolute atomic E-state index is 0.0895. The van der Waals surface area contributed by atoms with Crippen molar-refractivity contribution in [3.8, 4) is 5.75 Å². The van der Waals surface area contributed by atoms with Crippen LogP contribution in [-0.2, 0) is 17.9 Å².